The number of carbonyl (C=O) groups is 1. The molecule has 6 nitrogen and oxygen atoms in total. The SMILES string of the molecule is Cc1ccc(C)c(OCCCCC(=O)N2CCCC(c3nc(-c4cccc(F)c4)no3)C2)c1. The van der Waals surface area contributed by atoms with Crippen molar-refractivity contribution < 1.29 is 18.4 Å². The summed E-state index contributed by atoms with van der Waals surface area (Å²) in [5, 5.41) is 4.01. The first kappa shape index (κ1) is 23.0. The fourth-order valence-corrected chi connectivity index (χ4v) is 4.13. The minimum Gasteiger partial charge on any atom is -0.493 e. The molecule has 0 saturated carbocycles. The van der Waals surface area contributed by atoms with Crippen molar-refractivity contribution in [2.24, 2.45) is 0 Å². The minimum atomic E-state index is -0.340. The number of hydrogen-bond acceptors (Lipinski definition) is 5. The van der Waals surface area contributed by atoms with Crippen LogP contribution in [0.4, 0.5) is 4.39 Å². The maximum Gasteiger partial charge on any atom is 0.231 e. The molecule has 1 aromatic heterocycles. The Morgan fingerprint density at radius 1 is 1.21 bits per heavy atom. The molecule has 0 N–H and O–H groups in total. The van der Waals surface area contributed by atoms with Crippen LogP contribution in [-0.4, -0.2) is 40.6 Å². The van der Waals surface area contributed by atoms with Gasteiger partial charge in [-0.3, -0.25) is 4.79 Å². The summed E-state index contributed by atoms with van der Waals surface area (Å²) in [4.78, 5) is 19.1. The number of aromatic nitrogens is 2. The molecule has 1 amide bonds. The highest BCUT2D eigenvalue weighted by atomic mass is 19.1. The molecule has 1 aliphatic heterocycles. The van der Waals surface area contributed by atoms with E-state index in [0.717, 1.165) is 43.5 Å². The summed E-state index contributed by atoms with van der Waals surface area (Å²) in [5.41, 5.74) is 2.88. The predicted octanol–water partition coefficient (Wildman–Crippen LogP) is 5.45. The Labute approximate surface area is 193 Å². The van der Waals surface area contributed by atoms with E-state index in [2.05, 4.69) is 22.3 Å². The highest BCUT2D eigenvalue weighted by Gasteiger charge is 2.28. The molecule has 0 spiro atoms. The van der Waals surface area contributed by atoms with E-state index in [0.29, 0.717) is 36.9 Å². The van der Waals surface area contributed by atoms with Crippen LogP contribution in [0.1, 0.15) is 55.0 Å². The fourth-order valence-electron chi connectivity index (χ4n) is 4.13. The third kappa shape index (κ3) is 5.97. The Morgan fingerprint density at radius 3 is 2.94 bits per heavy atom. The summed E-state index contributed by atoms with van der Waals surface area (Å²) in [6.07, 6.45) is 3.90. The number of piperidine rings is 1. The number of rotatable bonds is 8. The van der Waals surface area contributed by atoms with Crippen LogP contribution >= 0.6 is 0 Å². The van der Waals surface area contributed by atoms with E-state index in [1.807, 2.05) is 24.8 Å². The smallest absolute Gasteiger partial charge is 0.231 e. The summed E-state index contributed by atoms with van der Waals surface area (Å²) in [6, 6.07) is 12.3. The van der Waals surface area contributed by atoms with E-state index in [-0.39, 0.29) is 17.6 Å². The normalized spacial score (nSPS) is 16.1. The first-order valence-electron chi connectivity index (χ1n) is 11.6. The summed E-state index contributed by atoms with van der Waals surface area (Å²) in [7, 11) is 0. The van der Waals surface area contributed by atoms with Gasteiger partial charge in [0.2, 0.25) is 17.6 Å². The third-order valence-electron chi connectivity index (χ3n) is 6.03. The van der Waals surface area contributed by atoms with E-state index in [4.69, 9.17) is 9.26 Å². The molecule has 1 saturated heterocycles. The van der Waals surface area contributed by atoms with Crippen LogP contribution in [0.2, 0.25) is 0 Å². The molecule has 1 fully saturated rings. The van der Waals surface area contributed by atoms with Crippen LogP contribution in [0.15, 0.2) is 47.0 Å². The van der Waals surface area contributed by atoms with Crippen molar-refractivity contribution in [3.8, 4) is 17.1 Å². The van der Waals surface area contributed by atoms with Crippen molar-refractivity contribution in [2.75, 3.05) is 19.7 Å². The number of hydrogen-bond donors (Lipinski definition) is 0. The van der Waals surface area contributed by atoms with Gasteiger partial charge in [0.25, 0.3) is 0 Å². The van der Waals surface area contributed by atoms with Gasteiger partial charge >= 0.3 is 0 Å². The van der Waals surface area contributed by atoms with E-state index in [1.165, 1.54) is 17.7 Å². The maximum absolute atomic E-state index is 13.5. The average Bonchev–Trinajstić information content (AvgIpc) is 3.31. The van der Waals surface area contributed by atoms with Gasteiger partial charge in [0.15, 0.2) is 0 Å². The van der Waals surface area contributed by atoms with Crippen molar-refractivity contribution in [2.45, 2.75) is 51.9 Å². The lowest BCUT2D eigenvalue weighted by atomic mass is 9.97. The summed E-state index contributed by atoms with van der Waals surface area (Å²) in [5.74, 6) is 1.61. The number of nitrogens with zero attached hydrogens (tertiary/aromatic N) is 3. The minimum absolute atomic E-state index is 0.00476. The lowest BCUT2D eigenvalue weighted by Gasteiger charge is -2.31. The second-order valence-electron chi connectivity index (χ2n) is 8.72. The monoisotopic (exact) mass is 451 g/mol. The van der Waals surface area contributed by atoms with Crippen molar-refractivity contribution in [1.29, 1.82) is 0 Å². The van der Waals surface area contributed by atoms with Gasteiger partial charge in [0, 0.05) is 25.1 Å². The van der Waals surface area contributed by atoms with Crippen molar-refractivity contribution in [3.05, 3.63) is 65.3 Å². The maximum atomic E-state index is 13.5. The van der Waals surface area contributed by atoms with Gasteiger partial charge in [-0.05, 0) is 68.9 Å². The Bertz CT molecular complexity index is 1100. The molecule has 7 heteroatoms. The third-order valence-corrected chi connectivity index (χ3v) is 6.03. The molecule has 0 aliphatic carbocycles. The quantitative estimate of drug-likeness (QED) is 0.426. The van der Waals surface area contributed by atoms with Crippen molar-refractivity contribution in [1.82, 2.24) is 15.0 Å². The Hall–Kier alpha value is -3.22. The van der Waals surface area contributed by atoms with Gasteiger partial charge in [0.05, 0.1) is 12.5 Å². The van der Waals surface area contributed by atoms with Crippen LogP contribution in [-0.2, 0) is 4.79 Å². The highest BCUT2D eigenvalue weighted by molar-refractivity contribution is 5.76. The van der Waals surface area contributed by atoms with E-state index >= 15 is 0 Å². The van der Waals surface area contributed by atoms with Gasteiger partial charge in [0.1, 0.15) is 11.6 Å². The number of amides is 1. The Morgan fingerprint density at radius 2 is 2.09 bits per heavy atom. The summed E-state index contributed by atoms with van der Waals surface area (Å²) < 4.78 is 24.8. The molecule has 2 aromatic carbocycles. The molecular weight excluding hydrogens is 421 g/mol. The second-order valence-corrected chi connectivity index (χ2v) is 8.72. The fraction of sp³-hybridized carbons (Fsp3) is 0.423. The van der Waals surface area contributed by atoms with E-state index in [1.54, 1.807) is 12.1 Å². The van der Waals surface area contributed by atoms with E-state index in [9.17, 15) is 9.18 Å². The largest absolute Gasteiger partial charge is 0.493 e. The molecule has 0 radical (unpaired) electrons. The van der Waals surface area contributed by atoms with Crippen LogP contribution in [0.25, 0.3) is 11.4 Å². The molecule has 174 valence electrons. The molecule has 4 rings (SSSR count). The lowest BCUT2D eigenvalue weighted by Crippen LogP contribution is -2.39. The molecule has 1 atom stereocenters. The number of aryl methyl sites for hydroxylation is 2. The second kappa shape index (κ2) is 10.6. The predicted molar refractivity (Wildman–Crippen MR) is 124 cm³/mol. The molecular formula is C26H30FN3O3. The van der Waals surface area contributed by atoms with Crippen LogP contribution in [0.5, 0.6) is 5.75 Å². The van der Waals surface area contributed by atoms with Gasteiger partial charge in [-0.1, -0.05) is 29.4 Å². The first-order valence-corrected chi connectivity index (χ1v) is 11.6. The zero-order valence-electron chi connectivity index (χ0n) is 19.2. The molecule has 2 heterocycles. The average molecular weight is 452 g/mol. The van der Waals surface area contributed by atoms with Crippen LogP contribution in [0, 0.1) is 19.7 Å². The zero-order valence-corrected chi connectivity index (χ0v) is 19.2. The number of benzene rings is 2. The number of ether oxygens (including phenoxy) is 1. The van der Waals surface area contributed by atoms with Gasteiger partial charge < -0.3 is 14.2 Å². The van der Waals surface area contributed by atoms with Crippen LogP contribution in [0.3, 0.4) is 0 Å². The highest BCUT2D eigenvalue weighted by Crippen LogP contribution is 2.28. The Balaban J connectivity index is 1.24. The van der Waals surface area contributed by atoms with Crippen LogP contribution < -0.4 is 4.74 Å². The van der Waals surface area contributed by atoms with Gasteiger partial charge in [-0.2, -0.15) is 4.98 Å². The zero-order chi connectivity index (χ0) is 23.2. The summed E-state index contributed by atoms with van der Waals surface area (Å²) >= 11 is 0. The summed E-state index contributed by atoms with van der Waals surface area (Å²) in [6.45, 7) is 6.01. The number of carbonyl (C=O) groups excluding carboxylic acids is 1. The van der Waals surface area contributed by atoms with E-state index < -0.39 is 0 Å². The molecule has 3 aromatic rings. The topological polar surface area (TPSA) is 68.5 Å². The standard InChI is InChI=1S/C26H30FN3O3/c1-18-11-12-19(2)23(15-18)32-14-4-3-10-24(31)30-13-6-8-21(17-30)26-28-25(29-33-26)20-7-5-9-22(27)16-20/h5,7,9,11-12,15-16,21H,3-4,6,8,10,13-14,17H2,1-2H3. The number of halogens is 1. The number of likely N-dealkylation sites (tertiary alicyclic amines) is 1. The number of unbranched alkanes of at least 4 members (excludes halogenated alkanes) is 1. The molecule has 33 heavy (non-hydrogen) atoms. The molecule has 1 aliphatic rings. The Kier molecular flexibility index (Phi) is 7.37. The van der Waals surface area contributed by atoms with Gasteiger partial charge in [-0.15, -0.1) is 0 Å². The lowest BCUT2D eigenvalue weighted by molar-refractivity contribution is -0.132. The first-order chi connectivity index (χ1) is 16.0. The van der Waals surface area contributed by atoms with Gasteiger partial charge in [-0.25, -0.2) is 4.39 Å². The van der Waals surface area contributed by atoms with Crippen molar-refractivity contribution >= 4 is 5.91 Å². The van der Waals surface area contributed by atoms with Crippen molar-refractivity contribution in [3.63, 3.8) is 0 Å². The molecule has 1 unspecified atom stereocenters. The molecule has 0 bridgehead atoms.